The first-order valence-electron chi connectivity index (χ1n) is 7.62. The van der Waals surface area contributed by atoms with E-state index < -0.39 is 17.4 Å². The van der Waals surface area contributed by atoms with Gasteiger partial charge in [0.15, 0.2) is 5.54 Å². The molecule has 0 aliphatic rings. The number of nitrogens with zero attached hydrogens (tertiary/aromatic N) is 1. The zero-order valence-corrected chi connectivity index (χ0v) is 14.1. The molecular weight excluding hydrogens is 324 g/mol. The highest BCUT2D eigenvalue weighted by atomic mass is 16.5. The number of benzene rings is 1. The highest BCUT2D eigenvalue weighted by molar-refractivity contribution is 5.97. The molecule has 0 radical (unpaired) electrons. The van der Waals surface area contributed by atoms with Gasteiger partial charge in [0.25, 0.3) is 5.91 Å². The Morgan fingerprint density at radius 3 is 2.60 bits per heavy atom. The van der Waals surface area contributed by atoms with Crippen molar-refractivity contribution in [1.29, 1.82) is 0 Å². The second-order valence-electron chi connectivity index (χ2n) is 5.68. The minimum Gasteiger partial charge on any atom is -0.479 e. The lowest BCUT2D eigenvalue weighted by Crippen LogP contribution is -2.55. The second-order valence-corrected chi connectivity index (χ2v) is 5.68. The largest absolute Gasteiger partial charge is 0.479 e. The number of pyridine rings is 1. The lowest BCUT2D eigenvalue weighted by Gasteiger charge is -2.25. The van der Waals surface area contributed by atoms with E-state index in [4.69, 9.17) is 9.47 Å². The van der Waals surface area contributed by atoms with Crippen LogP contribution in [0.1, 0.15) is 22.8 Å². The molecule has 0 aliphatic carbocycles. The Morgan fingerprint density at radius 1 is 1.24 bits per heavy atom. The molecule has 1 heterocycles. The van der Waals surface area contributed by atoms with Crippen LogP contribution in [0.2, 0.25) is 0 Å². The van der Waals surface area contributed by atoms with Crippen LogP contribution in [0.4, 0.5) is 0 Å². The van der Waals surface area contributed by atoms with Gasteiger partial charge in [-0.1, -0.05) is 30.3 Å². The molecule has 132 valence electrons. The summed E-state index contributed by atoms with van der Waals surface area (Å²) in [5.41, 5.74) is -0.306. The maximum atomic E-state index is 12.4. The summed E-state index contributed by atoms with van der Waals surface area (Å²) in [7, 11) is 1.37. The number of carbonyl (C=O) groups is 2. The zero-order chi connectivity index (χ0) is 18.3. The van der Waals surface area contributed by atoms with Crippen molar-refractivity contribution in [2.45, 2.75) is 19.1 Å². The van der Waals surface area contributed by atoms with Crippen LogP contribution < -0.4 is 10.1 Å². The molecule has 1 unspecified atom stereocenters. The summed E-state index contributed by atoms with van der Waals surface area (Å²) >= 11 is 0. The van der Waals surface area contributed by atoms with Crippen LogP contribution in [0.25, 0.3) is 0 Å². The summed E-state index contributed by atoms with van der Waals surface area (Å²) in [6.45, 7) is 1.54. The minimum absolute atomic E-state index is 0.156. The van der Waals surface area contributed by atoms with E-state index in [0.29, 0.717) is 6.61 Å². The summed E-state index contributed by atoms with van der Waals surface area (Å²) in [4.78, 5) is 27.8. The molecule has 2 N–H and O–H groups in total. The first kappa shape index (κ1) is 18.4. The predicted octanol–water partition coefficient (Wildman–Crippen LogP) is 1.88. The Hall–Kier alpha value is -2.93. The Kier molecular flexibility index (Phi) is 6.08. The lowest BCUT2D eigenvalue weighted by molar-refractivity contribution is -0.145. The number of carboxylic acids is 1. The van der Waals surface area contributed by atoms with E-state index >= 15 is 0 Å². The highest BCUT2D eigenvalue weighted by Crippen LogP contribution is 2.13. The number of nitrogens with one attached hydrogen (secondary N) is 1. The number of hydrogen-bond donors (Lipinski definition) is 2. The molecule has 2 rings (SSSR count). The van der Waals surface area contributed by atoms with Crippen molar-refractivity contribution in [3.05, 3.63) is 59.8 Å². The monoisotopic (exact) mass is 344 g/mol. The average molecular weight is 344 g/mol. The number of methoxy groups -OCH3 is 1. The summed E-state index contributed by atoms with van der Waals surface area (Å²) in [5.74, 6) is -1.45. The highest BCUT2D eigenvalue weighted by Gasteiger charge is 2.35. The molecule has 1 amide bonds. The van der Waals surface area contributed by atoms with Crippen LogP contribution in [0.15, 0.2) is 48.7 Å². The maximum Gasteiger partial charge on any atom is 0.331 e. The molecule has 1 atom stereocenters. The topological polar surface area (TPSA) is 97.8 Å². The SMILES string of the molecule is COCC(C)(NC(=O)c1ccnc(OCc2ccccc2)c1)C(=O)O. The van der Waals surface area contributed by atoms with Gasteiger partial charge < -0.3 is 19.9 Å². The third kappa shape index (κ3) is 5.02. The van der Waals surface area contributed by atoms with Gasteiger partial charge in [0.1, 0.15) is 6.61 Å². The number of rotatable bonds is 8. The molecule has 1 aromatic carbocycles. The van der Waals surface area contributed by atoms with Crippen molar-refractivity contribution >= 4 is 11.9 Å². The summed E-state index contributed by atoms with van der Waals surface area (Å²) in [6.07, 6.45) is 1.43. The molecule has 0 saturated heterocycles. The molecule has 7 nitrogen and oxygen atoms in total. The zero-order valence-electron chi connectivity index (χ0n) is 14.1. The fourth-order valence-corrected chi connectivity index (χ4v) is 2.12. The van der Waals surface area contributed by atoms with E-state index in [1.807, 2.05) is 30.3 Å². The third-order valence-corrected chi connectivity index (χ3v) is 3.52. The van der Waals surface area contributed by atoms with Crippen LogP contribution in [0, 0.1) is 0 Å². The van der Waals surface area contributed by atoms with Crippen LogP contribution >= 0.6 is 0 Å². The molecule has 2 aromatic rings. The fraction of sp³-hybridized carbons (Fsp3) is 0.278. The third-order valence-electron chi connectivity index (χ3n) is 3.52. The summed E-state index contributed by atoms with van der Waals surface area (Å²) in [6, 6.07) is 12.5. The van der Waals surface area contributed by atoms with Crippen LogP contribution in [-0.4, -0.2) is 41.2 Å². The standard InChI is InChI=1S/C18H20N2O5/c1-18(12-24-2,17(22)23)20-16(21)14-8-9-19-15(10-14)25-11-13-6-4-3-5-7-13/h3-10H,11-12H2,1-2H3,(H,20,21)(H,22,23). The first-order valence-corrected chi connectivity index (χ1v) is 7.62. The Morgan fingerprint density at radius 2 is 1.96 bits per heavy atom. The number of carboxylic acid groups (broad SMARTS) is 1. The van der Waals surface area contributed by atoms with Gasteiger partial charge in [-0.15, -0.1) is 0 Å². The summed E-state index contributed by atoms with van der Waals surface area (Å²) in [5, 5.41) is 11.8. The fourth-order valence-electron chi connectivity index (χ4n) is 2.12. The first-order chi connectivity index (χ1) is 11.9. The van der Waals surface area contributed by atoms with E-state index in [-0.39, 0.29) is 18.1 Å². The van der Waals surface area contributed by atoms with E-state index in [0.717, 1.165) is 5.56 Å². The van der Waals surface area contributed by atoms with Gasteiger partial charge in [-0.2, -0.15) is 0 Å². The number of aliphatic carboxylic acids is 1. The molecule has 0 aliphatic heterocycles. The number of ether oxygens (including phenoxy) is 2. The smallest absolute Gasteiger partial charge is 0.331 e. The Bertz CT molecular complexity index is 735. The van der Waals surface area contributed by atoms with E-state index in [1.165, 1.54) is 32.4 Å². The molecule has 0 fully saturated rings. The van der Waals surface area contributed by atoms with Crippen molar-refractivity contribution in [3.8, 4) is 5.88 Å². The Balaban J connectivity index is 2.06. The number of hydrogen-bond acceptors (Lipinski definition) is 5. The van der Waals surface area contributed by atoms with Gasteiger partial charge in [0, 0.05) is 24.9 Å². The molecule has 25 heavy (non-hydrogen) atoms. The quantitative estimate of drug-likeness (QED) is 0.759. The van der Waals surface area contributed by atoms with Gasteiger partial charge in [-0.3, -0.25) is 4.79 Å². The number of carbonyl (C=O) groups excluding carboxylic acids is 1. The normalized spacial score (nSPS) is 12.9. The van der Waals surface area contributed by atoms with Crippen molar-refractivity contribution in [1.82, 2.24) is 10.3 Å². The van der Waals surface area contributed by atoms with Gasteiger partial charge in [-0.05, 0) is 18.6 Å². The van der Waals surface area contributed by atoms with Gasteiger partial charge in [-0.25, -0.2) is 9.78 Å². The van der Waals surface area contributed by atoms with E-state index in [2.05, 4.69) is 10.3 Å². The van der Waals surface area contributed by atoms with Gasteiger partial charge in [0.05, 0.1) is 6.61 Å². The van der Waals surface area contributed by atoms with Crippen LogP contribution in [-0.2, 0) is 16.1 Å². The lowest BCUT2D eigenvalue weighted by atomic mass is 10.0. The van der Waals surface area contributed by atoms with Gasteiger partial charge >= 0.3 is 5.97 Å². The maximum absolute atomic E-state index is 12.4. The molecular formula is C18H20N2O5. The van der Waals surface area contributed by atoms with Crippen molar-refractivity contribution < 1.29 is 24.2 Å². The van der Waals surface area contributed by atoms with Crippen LogP contribution in [0.5, 0.6) is 5.88 Å². The van der Waals surface area contributed by atoms with Crippen molar-refractivity contribution in [2.24, 2.45) is 0 Å². The predicted molar refractivity (Wildman–Crippen MR) is 90.4 cm³/mol. The van der Waals surface area contributed by atoms with Gasteiger partial charge in [0.2, 0.25) is 5.88 Å². The summed E-state index contributed by atoms with van der Waals surface area (Å²) < 4.78 is 10.5. The minimum atomic E-state index is -1.53. The van der Waals surface area contributed by atoms with Crippen molar-refractivity contribution in [2.75, 3.05) is 13.7 Å². The molecule has 0 saturated carbocycles. The number of amides is 1. The molecule has 7 heteroatoms. The van der Waals surface area contributed by atoms with E-state index in [9.17, 15) is 14.7 Å². The molecule has 0 bridgehead atoms. The molecule has 1 aromatic heterocycles. The van der Waals surface area contributed by atoms with Crippen LogP contribution in [0.3, 0.4) is 0 Å². The number of aromatic nitrogens is 1. The second kappa shape index (κ2) is 8.25. The Labute approximate surface area is 145 Å². The van der Waals surface area contributed by atoms with E-state index in [1.54, 1.807) is 0 Å². The molecule has 0 spiro atoms. The average Bonchev–Trinajstić information content (AvgIpc) is 2.61. The van der Waals surface area contributed by atoms with Crippen molar-refractivity contribution in [3.63, 3.8) is 0 Å².